The minimum atomic E-state index is -0.0517. The lowest BCUT2D eigenvalue weighted by atomic mass is 10.1. The van der Waals surface area contributed by atoms with E-state index in [1.54, 1.807) is 18.2 Å². The van der Waals surface area contributed by atoms with Crippen LogP contribution in [0.4, 0.5) is 11.4 Å². The van der Waals surface area contributed by atoms with E-state index in [9.17, 15) is 4.79 Å². The van der Waals surface area contributed by atoms with E-state index in [-0.39, 0.29) is 5.91 Å². The molecular weight excluding hydrogens is 284 g/mol. The van der Waals surface area contributed by atoms with Gasteiger partial charge in [-0.1, -0.05) is 29.8 Å². The van der Waals surface area contributed by atoms with Crippen LogP contribution in [0.2, 0.25) is 5.02 Å². The van der Waals surface area contributed by atoms with Gasteiger partial charge >= 0.3 is 0 Å². The third-order valence-electron chi connectivity index (χ3n) is 2.90. The van der Waals surface area contributed by atoms with Crippen molar-refractivity contribution in [1.29, 1.82) is 0 Å². The summed E-state index contributed by atoms with van der Waals surface area (Å²) in [4.78, 5) is 12.0. The molecule has 0 spiro atoms. The lowest BCUT2D eigenvalue weighted by molar-refractivity contribution is -0.115. The first-order chi connectivity index (χ1) is 10.2. The maximum absolute atomic E-state index is 12.0. The highest BCUT2D eigenvalue weighted by Crippen LogP contribution is 2.14. The molecule has 0 heterocycles. The van der Waals surface area contributed by atoms with E-state index in [4.69, 9.17) is 11.6 Å². The van der Waals surface area contributed by atoms with Crippen molar-refractivity contribution in [1.82, 2.24) is 0 Å². The number of hydrogen-bond donors (Lipinski definition) is 2. The Morgan fingerprint density at radius 2 is 1.67 bits per heavy atom. The van der Waals surface area contributed by atoms with E-state index in [0.717, 1.165) is 16.9 Å². The van der Waals surface area contributed by atoms with Crippen LogP contribution in [0.15, 0.2) is 61.2 Å². The molecule has 0 unspecified atom stereocenters. The zero-order valence-electron chi connectivity index (χ0n) is 11.6. The lowest BCUT2D eigenvalue weighted by Crippen LogP contribution is -2.14. The number of rotatable bonds is 6. The molecule has 1 amide bonds. The van der Waals surface area contributed by atoms with Crippen molar-refractivity contribution in [3.05, 3.63) is 71.8 Å². The number of benzene rings is 2. The molecule has 21 heavy (non-hydrogen) atoms. The van der Waals surface area contributed by atoms with Crippen molar-refractivity contribution in [2.24, 2.45) is 0 Å². The van der Waals surface area contributed by atoms with Gasteiger partial charge in [0.05, 0.1) is 6.42 Å². The number of amides is 1. The van der Waals surface area contributed by atoms with Crippen LogP contribution in [0.1, 0.15) is 5.56 Å². The fourth-order valence-electron chi connectivity index (χ4n) is 1.85. The van der Waals surface area contributed by atoms with Gasteiger partial charge in [0.15, 0.2) is 0 Å². The third-order valence-corrected chi connectivity index (χ3v) is 3.15. The SMILES string of the molecule is C=CCNc1ccc(NC(=O)Cc2ccc(Cl)cc2)cc1. The van der Waals surface area contributed by atoms with E-state index in [2.05, 4.69) is 17.2 Å². The molecule has 0 saturated carbocycles. The molecule has 3 nitrogen and oxygen atoms in total. The monoisotopic (exact) mass is 300 g/mol. The molecule has 108 valence electrons. The second-order valence-corrected chi connectivity index (χ2v) is 5.03. The Hall–Kier alpha value is -2.26. The Morgan fingerprint density at radius 3 is 2.29 bits per heavy atom. The third kappa shape index (κ3) is 4.97. The molecule has 2 aromatic carbocycles. The van der Waals surface area contributed by atoms with Crippen molar-refractivity contribution >= 4 is 28.9 Å². The number of carbonyl (C=O) groups excluding carboxylic acids is 1. The number of carbonyl (C=O) groups is 1. The fourth-order valence-corrected chi connectivity index (χ4v) is 1.98. The van der Waals surface area contributed by atoms with Crippen molar-refractivity contribution in [2.45, 2.75) is 6.42 Å². The highest BCUT2D eigenvalue weighted by Gasteiger charge is 2.04. The topological polar surface area (TPSA) is 41.1 Å². The largest absolute Gasteiger partial charge is 0.382 e. The smallest absolute Gasteiger partial charge is 0.228 e. The summed E-state index contributed by atoms with van der Waals surface area (Å²) < 4.78 is 0. The number of nitrogens with one attached hydrogen (secondary N) is 2. The van der Waals surface area contributed by atoms with E-state index >= 15 is 0 Å². The summed E-state index contributed by atoms with van der Waals surface area (Å²) in [6.45, 7) is 4.36. The molecule has 0 aliphatic carbocycles. The zero-order valence-corrected chi connectivity index (χ0v) is 12.4. The quantitative estimate of drug-likeness (QED) is 0.788. The average molecular weight is 301 g/mol. The first-order valence-electron chi connectivity index (χ1n) is 6.66. The zero-order chi connectivity index (χ0) is 15.1. The van der Waals surface area contributed by atoms with Crippen molar-refractivity contribution < 1.29 is 4.79 Å². The van der Waals surface area contributed by atoms with Gasteiger partial charge < -0.3 is 10.6 Å². The van der Waals surface area contributed by atoms with Gasteiger partial charge in [0, 0.05) is 22.9 Å². The minimum absolute atomic E-state index is 0.0517. The van der Waals surface area contributed by atoms with Crippen LogP contribution in [0.3, 0.4) is 0 Å². The molecular formula is C17H17ClN2O. The highest BCUT2D eigenvalue weighted by atomic mass is 35.5. The van der Waals surface area contributed by atoms with E-state index < -0.39 is 0 Å². The molecule has 0 radical (unpaired) electrons. The van der Waals surface area contributed by atoms with Crippen molar-refractivity contribution in [3.63, 3.8) is 0 Å². The maximum Gasteiger partial charge on any atom is 0.228 e. The summed E-state index contributed by atoms with van der Waals surface area (Å²) >= 11 is 5.82. The van der Waals surface area contributed by atoms with Gasteiger partial charge in [-0.3, -0.25) is 4.79 Å². The standard InChI is InChI=1S/C17H17ClN2O/c1-2-11-19-15-7-9-16(10-8-15)20-17(21)12-13-3-5-14(18)6-4-13/h2-10,19H,1,11-12H2,(H,20,21). The Bertz CT molecular complexity index is 606. The Kier molecular flexibility index (Phi) is 5.41. The van der Waals surface area contributed by atoms with Crippen LogP contribution in [0.5, 0.6) is 0 Å². The van der Waals surface area contributed by atoms with Gasteiger partial charge in [-0.25, -0.2) is 0 Å². The fraction of sp³-hybridized carbons (Fsp3) is 0.118. The highest BCUT2D eigenvalue weighted by molar-refractivity contribution is 6.30. The van der Waals surface area contributed by atoms with Crippen LogP contribution >= 0.6 is 11.6 Å². The summed E-state index contributed by atoms with van der Waals surface area (Å²) in [7, 11) is 0. The van der Waals surface area contributed by atoms with Gasteiger partial charge in [0.25, 0.3) is 0 Å². The second kappa shape index (κ2) is 7.50. The molecule has 0 aliphatic rings. The molecule has 0 saturated heterocycles. The predicted molar refractivity (Wildman–Crippen MR) is 88.9 cm³/mol. The van der Waals surface area contributed by atoms with Gasteiger partial charge in [0.1, 0.15) is 0 Å². The van der Waals surface area contributed by atoms with Crippen LogP contribution in [0.25, 0.3) is 0 Å². The first-order valence-corrected chi connectivity index (χ1v) is 7.04. The predicted octanol–water partition coefficient (Wildman–Crippen LogP) is 4.12. The average Bonchev–Trinajstić information content (AvgIpc) is 2.49. The van der Waals surface area contributed by atoms with Gasteiger partial charge in [-0.05, 0) is 42.0 Å². The van der Waals surface area contributed by atoms with Crippen molar-refractivity contribution in [2.75, 3.05) is 17.2 Å². The van der Waals surface area contributed by atoms with Gasteiger partial charge in [-0.15, -0.1) is 6.58 Å². The van der Waals surface area contributed by atoms with Crippen LogP contribution in [-0.4, -0.2) is 12.5 Å². The van der Waals surface area contributed by atoms with E-state index in [0.29, 0.717) is 18.0 Å². The van der Waals surface area contributed by atoms with Crippen LogP contribution in [0, 0.1) is 0 Å². The molecule has 0 fully saturated rings. The summed E-state index contributed by atoms with van der Waals surface area (Å²) in [5.74, 6) is -0.0517. The van der Waals surface area contributed by atoms with E-state index in [1.807, 2.05) is 36.4 Å². The Balaban J connectivity index is 1.90. The second-order valence-electron chi connectivity index (χ2n) is 4.60. The molecule has 0 bridgehead atoms. The summed E-state index contributed by atoms with van der Waals surface area (Å²) in [6.07, 6.45) is 2.12. The molecule has 2 aromatic rings. The first kappa shape index (κ1) is 15.1. The number of halogens is 1. The molecule has 0 atom stereocenters. The normalized spacial score (nSPS) is 9.95. The maximum atomic E-state index is 12.0. The molecule has 4 heteroatoms. The number of hydrogen-bond acceptors (Lipinski definition) is 2. The molecule has 0 aliphatic heterocycles. The Labute approximate surface area is 129 Å². The minimum Gasteiger partial charge on any atom is -0.382 e. The van der Waals surface area contributed by atoms with Crippen molar-refractivity contribution in [3.8, 4) is 0 Å². The lowest BCUT2D eigenvalue weighted by Gasteiger charge is -2.07. The summed E-state index contributed by atoms with van der Waals surface area (Å²) in [5, 5.41) is 6.71. The molecule has 2 rings (SSSR count). The van der Waals surface area contributed by atoms with Crippen LogP contribution < -0.4 is 10.6 Å². The van der Waals surface area contributed by atoms with Crippen LogP contribution in [-0.2, 0) is 11.2 Å². The summed E-state index contributed by atoms with van der Waals surface area (Å²) in [6, 6.07) is 14.8. The molecule has 2 N–H and O–H groups in total. The molecule has 0 aromatic heterocycles. The van der Waals surface area contributed by atoms with Gasteiger partial charge in [-0.2, -0.15) is 0 Å². The van der Waals surface area contributed by atoms with Gasteiger partial charge in [0.2, 0.25) is 5.91 Å². The summed E-state index contributed by atoms with van der Waals surface area (Å²) in [5.41, 5.74) is 2.70. The Morgan fingerprint density at radius 1 is 1.05 bits per heavy atom. The van der Waals surface area contributed by atoms with E-state index in [1.165, 1.54) is 0 Å². The number of anilines is 2.